The molecular weight excluding hydrogens is 486 g/mol. The number of rotatable bonds is 10. The topological polar surface area (TPSA) is 127 Å². The van der Waals surface area contributed by atoms with E-state index in [4.69, 9.17) is 14.2 Å². The molecule has 0 aliphatic carbocycles. The highest BCUT2D eigenvalue weighted by molar-refractivity contribution is 6.04. The summed E-state index contributed by atoms with van der Waals surface area (Å²) in [5.74, 6) is 1.46. The molecule has 0 unspecified atom stereocenters. The van der Waals surface area contributed by atoms with Crippen LogP contribution < -0.4 is 30.2 Å². The Morgan fingerprint density at radius 2 is 1.82 bits per heavy atom. The van der Waals surface area contributed by atoms with Crippen molar-refractivity contribution in [1.29, 1.82) is 0 Å². The Balaban J connectivity index is 1.46. The number of aromatic nitrogens is 2. The molecule has 2 amide bonds. The summed E-state index contributed by atoms with van der Waals surface area (Å²) in [6.45, 7) is 3.13. The van der Waals surface area contributed by atoms with Crippen LogP contribution in [0.25, 0.3) is 11.1 Å². The number of aromatic amines is 1. The zero-order chi connectivity index (χ0) is 26.9. The third kappa shape index (κ3) is 6.89. The van der Waals surface area contributed by atoms with Crippen molar-refractivity contribution in [3.63, 3.8) is 0 Å². The maximum absolute atomic E-state index is 13.0. The zero-order valence-corrected chi connectivity index (χ0v) is 21.3. The van der Waals surface area contributed by atoms with Gasteiger partial charge in [-0.1, -0.05) is 18.2 Å². The summed E-state index contributed by atoms with van der Waals surface area (Å²) in [5, 5.41) is 8.34. The van der Waals surface area contributed by atoms with E-state index >= 15 is 0 Å². The average molecular weight is 516 g/mol. The average Bonchev–Trinajstić information content (AvgIpc) is 3.41. The van der Waals surface area contributed by atoms with Crippen molar-refractivity contribution in [3.05, 3.63) is 84.3 Å². The van der Waals surface area contributed by atoms with Gasteiger partial charge in [-0.2, -0.15) is 0 Å². The number of nitrogens with one attached hydrogen (secondary N) is 4. The molecule has 0 spiro atoms. The van der Waals surface area contributed by atoms with Crippen LogP contribution in [0.1, 0.15) is 16.1 Å². The van der Waals surface area contributed by atoms with Crippen LogP contribution >= 0.6 is 0 Å². The number of amides is 2. The molecule has 2 aromatic carbocycles. The molecule has 0 saturated carbocycles. The van der Waals surface area contributed by atoms with Crippen molar-refractivity contribution in [2.24, 2.45) is 0 Å². The molecule has 196 valence electrons. The van der Waals surface area contributed by atoms with Crippen LogP contribution in [0.2, 0.25) is 0 Å². The first-order chi connectivity index (χ1) is 18.4. The Labute approximate surface area is 220 Å². The standard InChI is InChI=1S/C28H29N5O5/c1-18-7-8-25(36-12-11-29-2)23(13-18)33-27(34)24-15-20(17-32-24)19-5-4-6-21(14-19)37-22-9-10-31-26(16-22)38-28(35)30-3/h4-10,13-17,29,32H,11-12H2,1-3H3,(H,30,35)(H,33,34). The SMILES string of the molecule is CNCCOc1ccc(C)cc1NC(=O)c1cc(-c2cccc(Oc3ccnc(OC(=O)NC)c3)c2)c[nH]1. The molecule has 4 rings (SSSR count). The molecule has 0 aliphatic rings. The first kappa shape index (κ1) is 26.2. The van der Waals surface area contributed by atoms with Crippen LogP contribution in [0.5, 0.6) is 23.1 Å². The highest BCUT2D eigenvalue weighted by atomic mass is 16.6. The van der Waals surface area contributed by atoms with E-state index in [1.54, 1.807) is 24.4 Å². The monoisotopic (exact) mass is 515 g/mol. The molecule has 0 radical (unpaired) electrons. The summed E-state index contributed by atoms with van der Waals surface area (Å²) < 4.78 is 16.8. The maximum Gasteiger partial charge on any atom is 0.413 e. The van der Waals surface area contributed by atoms with Crippen LogP contribution in [0, 0.1) is 6.92 Å². The quantitative estimate of drug-likeness (QED) is 0.225. The summed E-state index contributed by atoms with van der Waals surface area (Å²) in [6, 6.07) is 18.0. The molecule has 10 heteroatoms. The summed E-state index contributed by atoms with van der Waals surface area (Å²) in [7, 11) is 3.32. The fraction of sp³-hybridized carbons (Fsp3) is 0.179. The molecule has 0 fully saturated rings. The number of hydrogen-bond donors (Lipinski definition) is 4. The Kier molecular flexibility index (Phi) is 8.57. The van der Waals surface area contributed by atoms with Crippen molar-refractivity contribution < 1.29 is 23.8 Å². The smallest absolute Gasteiger partial charge is 0.413 e. The second-order valence-electron chi connectivity index (χ2n) is 8.31. The molecule has 0 atom stereocenters. The molecule has 10 nitrogen and oxygen atoms in total. The molecule has 2 aromatic heterocycles. The van der Waals surface area contributed by atoms with Crippen LogP contribution in [0.4, 0.5) is 10.5 Å². The minimum Gasteiger partial charge on any atom is -0.490 e. The maximum atomic E-state index is 13.0. The Bertz CT molecular complexity index is 1420. The van der Waals surface area contributed by atoms with Crippen molar-refractivity contribution in [2.75, 3.05) is 32.6 Å². The number of likely N-dealkylation sites (N-methyl/N-ethyl adjacent to an activating group) is 1. The second-order valence-corrected chi connectivity index (χ2v) is 8.31. The minimum atomic E-state index is -0.621. The van der Waals surface area contributed by atoms with Gasteiger partial charge < -0.3 is 35.1 Å². The fourth-order valence-corrected chi connectivity index (χ4v) is 3.54. The van der Waals surface area contributed by atoms with Crippen LogP contribution in [-0.4, -0.2) is 49.2 Å². The third-order valence-electron chi connectivity index (χ3n) is 5.43. The lowest BCUT2D eigenvalue weighted by atomic mass is 10.1. The predicted octanol–water partition coefficient (Wildman–Crippen LogP) is 4.75. The lowest BCUT2D eigenvalue weighted by Crippen LogP contribution is -2.22. The molecule has 0 bridgehead atoms. The van der Waals surface area contributed by atoms with Gasteiger partial charge in [-0.3, -0.25) is 4.79 Å². The summed E-state index contributed by atoms with van der Waals surface area (Å²) >= 11 is 0. The number of carbonyl (C=O) groups excluding carboxylic acids is 2. The largest absolute Gasteiger partial charge is 0.490 e. The fourth-order valence-electron chi connectivity index (χ4n) is 3.54. The lowest BCUT2D eigenvalue weighted by molar-refractivity contribution is 0.102. The van der Waals surface area contributed by atoms with E-state index in [2.05, 4.69) is 25.9 Å². The van der Waals surface area contributed by atoms with E-state index in [0.717, 1.165) is 16.7 Å². The van der Waals surface area contributed by atoms with Crippen molar-refractivity contribution >= 4 is 17.7 Å². The van der Waals surface area contributed by atoms with Gasteiger partial charge in [0.05, 0.1) is 5.69 Å². The molecule has 4 N–H and O–H groups in total. The highest BCUT2D eigenvalue weighted by Gasteiger charge is 2.14. The van der Waals surface area contributed by atoms with Crippen LogP contribution in [0.3, 0.4) is 0 Å². The number of anilines is 1. The molecule has 2 heterocycles. The van der Waals surface area contributed by atoms with Gasteiger partial charge in [0, 0.05) is 37.6 Å². The first-order valence-electron chi connectivity index (χ1n) is 12.0. The Hall–Kier alpha value is -4.83. The van der Waals surface area contributed by atoms with E-state index < -0.39 is 6.09 Å². The second kappa shape index (κ2) is 12.4. The van der Waals surface area contributed by atoms with Gasteiger partial charge in [0.25, 0.3) is 5.91 Å². The van der Waals surface area contributed by atoms with Gasteiger partial charge >= 0.3 is 6.09 Å². The van der Waals surface area contributed by atoms with Gasteiger partial charge in [0.1, 0.15) is 29.5 Å². The first-order valence-corrected chi connectivity index (χ1v) is 12.0. The predicted molar refractivity (Wildman–Crippen MR) is 144 cm³/mol. The van der Waals surface area contributed by atoms with E-state index in [1.807, 2.05) is 50.4 Å². The summed E-state index contributed by atoms with van der Waals surface area (Å²) in [5.41, 5.74) is 3.68. The highest BCUT2D eigenvalue weighted by Crippen LogP contribution is 2.30. The molecule has 4 aromatic rings. The summed E-state index contributed by atoms with van der Waals surface area (Å²) in [6.07, 6.45) is 2.62. The van der Waals surface area contributed by atoms with Gasteiger partial charge in [0.2, 0.25) is 5.88 Å². The molecule has 0 saturated heterocycles. The molecular formula is C28H29N5O5. The van der Waals surface area contributed by atoms with Crippen molar-refractivity contribution in [3.8, 4) is 34.3 Å². The number of pyridine rings is 1. The van der Waals surface area contributed by atoms with Gasteiger partial charge in [-0.25, -0.2) is 9.78 Å². The number of nitrogens with zero attached hydrogens (tertiary/aromatic N) is 1. The normalized spacial score (nSPS) is 10.5. The van der Waals surface area contributed by atoms with Gasteiger partial charge in [0.15, 0.2) is 0 Å². The Morgan fingerprint density at radius 1 is 0.974 bits per heavy atom. The van der Waals surface area contributed by atoms with Crippen LogP contribution in [-0.2, 0) is 0 Å². The third-order valence-corrected chi connectivity index (χ3v) is 5.43. The lowest BCUT2D eigenvalue weighted by Gasteiger charge is -2.13. The number of aryl methyl sites for hydroxylation is 1. The number of ether oxygens (including phenoxy) is 3. The van der Waals surface area contributed by atoms with Crippen LogP contribution in [0.15, 0.2) is 73.1 Å². The minimum absolute atomic E-state index is 0.114. The van der Waals surface area contributed by atoms with E-state index in [1.165, 1.54) is 19.3 Å². The number of H-pyrrole nitrogens is 1. The van der Waals surface area contributed by atoms with Gasteiger partial charge in [-0.15, -0.1) is 0 Å². The van der Waals surface area contributed by atoms with Gasteiger partial charge in [-0.05, 0) is 61.5 Å². The zero-order valence-electron chi connectivity index (χ0n) is 21.3. The summed E-state index contributed by atoms with van der Waals surface area (Å²) in [4.78, 5) is 31.5. The molecule has 38 heavy (non-hydrogen) atoms. The molecule has 0 aliphatic heterocycles. The van der Waals surface area contributed by atoms with Crippen molar-refractivity contribution in [1.82, 2.24) is 20.6 Å². The number of benzene rings is 2. The number of hydrogen-bond acceptors (Lipinski definition) is 7. The Morgan fingerprint density at radius 3 is 2.63 bits per heavy atom. The van der Waals surface area contributed by atoms with Crippen molar-refractivity contribution in [2.45, 2.75) is 6.92 Å². The van der Waals surface area contributed by atoms with E-state index in [9.17, 15) is 9.59 Å². The van der Waals surface area contributed by atoms with E-state index in [0.29, 0.717) is 41.8 Å². The number of carbonyl (C=O) groups is 2. The van der Waals surface area contributed by atoms with E-state index in [-0.39, 0.29) is 11.8 Å².